The second-order valence-corrected chi connectivity index (χ2v) is 9.54. The lowest BCUT2D eigenvalue weighted by atomic mass is 10.2. The normalized spacial score (nSPS) is 11.5. The van der Waals surface area contributed by atoms with Gasteiger partial charge in [-0.05, 0) is 44.2 Å². The average Bonchev–Trinajstić information content (AvgIpc) is 3.35. The van der Waals surface area contributed by atoms with Crippen LogP contribution in [0.1, 0.15) is 36.9 Å². The summed E-state index contributed by atoms with van der Waals surface area (Å²) >= 11 is 1.21. The Labute approximate surface area is 183 Å². The van der Waals surface area contributed by atoms with Crippen LogP contribution in [0.3, 0.4) is 0 Å². The number of hydrogen-bond donors (Lipinski definition) is 3. The number of anilines is 1. The van der Waals surface area contributed by atoms with Gasteiger partial charge < -0.3 is 9.73 Å². The van der Waals surface area contributed by atoms with E-state index in [0.29, 0.717) is 22.3 Å². The van der Waals surface area contributed by atoms with Gasteiger partial charge in [0.25, 0.3) is 5.91 Å². The van der Waals surface area contributed by atoms with Gasteiger partial charge in [-0.1, -0.05) is 6.07 Å². The number of nitrogens with zero attached hydrogens (tertiary/aromatic N) is 1. The zero-order valence-electron chi connectivity index (χ0n) is 17.1. The molecule has 0 unspecified atom stereocenters. The molecule has 0 saturated heterocycles. The molecular formula is C20H22N4O5S2. The fourth-order valence-electron chi connectivity index (χ4n) is 2.62. The van der Waals surface area contributed by atoms with Gasteiger partial charge in [0.05, 0.1) is 11.4 Å². The highest BCUT2D eigenvalue weighted by atomic mass is 32.2. The molecule has 0 spiro atoms. The summed E-state index contributed by atoms with van der Waals surface area (Å²) in [5, 5.41) is 7.38. The standard InChI is InChI=1S/C20H22N4O5S2/c1-12(2)24-31(27,28)16-6-4-5-14(9-16)19(26)23-20-22-17(11-30-20)18-8-7-15(29-18)10-21-13(3)25/h4-9,11-12,24H,10H2,1-3H3,(H,21,25)(H,22,23,26). The van der Waals surface area contributed by atoms with Crippen molar-refractivity contribution in [1.82, 2.24) is 15.0 Å². The highest BCUT2D eigenvalue weighted by Gasteiger charge is 2.18. The summed E-state index contributed by atoms with van der Waals surface area (Å²) < 4.78 is 32.8. The van der Waals surface area contributed by atoms with Crippen molar-refractivity contribution in [3.05, 3.63) is 53.1 Å². The third-order valence-electron chi connectivity index (χ3n) is 3.95. The van der Waals surface area contributed by atoms with E-state index in [0.717, 1.165) is 0 Å². The highest BCUT2D eigenvalue weighted by Crippen LogP contribution is 2.27. The first kappa shape index (κ1) is 22.7. The summed E-state index contributed by atoms with van der Waals surface area (Å²) in [6.07, 6.45) is 0. The van der Waals surface area contributed by atoms with Crippen LogP contribution in [0.25, 0.3) is 11.5 Å². The molecule has 0 saturated carbocycles. The monoisotopic (exact) mass is 462 g/mol. The Kier molecular flexibility index (Phi) is 6.88. The molecular weight excluding hydrogens is 440 g/mol. The lowest BCUT2D eigenvalue weighted by Gasteiger charge is -2.10. The average molecular weight is 463 g/mol. The summed E-state index contributed by atoms with van der Waals surface area (Å²) in [5.74, 6) is 0.448. The first-order chi connectivity index (χ1) is 14.6. The van der Waals surface area contributed by atoms with Crippen LogP contribution < -0.4 is 15.4 Å². The molecule has 0 atom stereocenters. The van der Waals surface area contributed by atoms with E-state index in [2.05, 4.69) is 20.3 Å². The molecule has 2 heterocycles. The first-order valence-electron chi connectivity index (χ1n) is 9.37. The summed E-state index contributed by atoms with van der Waals surface area (Å²) in [6.45, 7) is 5.13. The zero-order valence-corrected chi connectivity index (χ0v) is 18.8. The Morgan fingerprint density at radius 3 is 2.68 bits per heavy atom. The van der Waals surface area contributed by atoms with Gasteiger partial charge in [-0.25, -0.2) is 18.1 Å². The highest BCUT2D eigenvalue weighted by molar-refractivity contribution is 7.89. The van der Waals surface area contributed by atoms with Crippen molar-refractivity contribution in [2.24, 2.45) is 0 Å². The molecule has 164 valence electrons. The largest absolute Gasteiger partial charge is 0.458 e. The number of benzene rings is 1. The number of aromatic nitrogens is 1. The molecule has 0 aliphatic heterocycles. The third kappa shape index (κ3) is 6.00. The van der Waals surface area contributed by atoms with Crippen LogP contribution in [0, 0.1) is 0 Å². The topological polar surface area (TPSA) is 130 Å². The van der Waals surface area contributed by atoms with Gasteiger partial charge in [0.1, 0.15) is 11.5 Å². The molecule has 2 amide bonds. The molecule has 0 radical (unpaired) electrons. The molecule has 0 bridgehead atoms. The summed E-state index contributed by atoms with van der Waals surface area (Å²) in [6, 6.07) is 8.98. The number of amides is 2. The van der Waals surface area contributed by atoms with Crippen LogP contribution in [0.15, 0.2) is 51.1 Å². The van der Waals surface area contributed by atoms with Gasteiger partial charge >= 0.3 is 0 Å². The Bertz CT molecular complexity index is 1200. The predicted molar refractivity (Wildman–Crippen MR) is 117 cm³/mol. The molecule has 1 aromatic carbocycles. The Morgan fingerprint density at radius 2 is 1.97 bits per heavy atom. The number of carbonyl (C=O) groups is 2. The Morgan fingerprint density at radius 1 is 1.19 bits per heavy atom. The van der Waals surface area contributed by atoms with Gasteiger partial charge in [-0.2, -0.15) is 0 Å². The van der Waals surface area contributed by atoms with E-state index >= 15 is 0 Å². The maximum absolute atomic E-state index is 12.6. The summed E-state index contributed by atoms with van der Waals surface area (Å²) in [7, 11) is -3.71. The Hall–Kier alpha value is -3.02. The molecule has 0 fully saturated rings. The number of thiazole rings is 1. The third-order valence-corrected chi connectivity index (χ3v) is 6.36. The van der Waals surface area contributed by atoms with Crippen LogP contribution in [-0.2, 0) is 21.4 Å². The van der Waals surface area contributed by atoms with Crippen molar-refractivity contribution < 1.29 is 22.4 Å². The molecule has 0 aliphatic carbocycles. The maximum atomic E-state index is 12.6. The molecule has 2 aromatic heterocycles. The van der Waals surface area contributed by atoms with Crippen molar-refractivity contribution in [3.63, 3.8) is 0 Å². The molecule has 3 N–H and O–H groups in total. The van der Waals surface area contributed by atoms with E-state index < -0.39 is 15.9 Å². The summed E-state index contributed by atoms with van der Waals surface area (Å²) in [5.41, 5.74) is 0.728. The molecule has 9 nitrogen and oxygen atoms in total. The number of carbonyl (C=O) groups excluding carboxylic acids is 2. The van der Waals surface area contributed by atoms with Gasteiger partial charge in [-0.15, -0.1) is 11.3 Å². The van der Waals surface area contributed by atoms with Crippen LogP contribution in [0.4, 0.5) is 5.13 Å². The first-order valence-corrected chi connectivity index (χ1v) is 11.7. The fourth-order valence-corrected chi connectivity index (χ4v) is 4.61. The molecule has 3 rings (SSSR count). The lowest BCUT2D eigenvalue weighted by Crippen LogP contribution is -2.30. The van der Waals surface area contributed by atoms with Crippen molar-refractivity contribution >= 4 is 38.3 Å². The van der Waals surface area contributed by atoms with Gasteiger partial charge in [0.15, 0.2) is 10.9 Å². The lowest BCUT2D eigenvalue weighted by molar-refractivity contribution is -0.119. The Balaban J connectivity index is 1.70. The summed E-state index contributed by atoms with van der Waals surface area (Å²) in [4.78, 5) is 27.9. The second kappa shape index (κ2) is 9.41. The quantitative estimate of drug-likeness (QED) is 0.472. The van der Waals surface area contributed by atoms with Crippen molar-refractivity contribution in [1.29, 1.82) is 0 Å². The molecule has 11 heteroatoms. The van der Waals surface area contributed by atoms with Crippen molar-refractivity contribution in [2.45, 2.75) is 38.3 Å². The van der Waals surface area contributed by atoms with Gasteiger partial charge in [0, 0.05) is 23.9 Å². The van der Waals surface area contributed by atoms with Crippen molar-refractivity contribution in [3.8, 4) is 11.5 Å². The number of rotatable bonds is 8. The maximum Gasteiger partial charge on any atom is 0.257 e. The smallest absolute Gasteiger partial charge is 0.257 e. The number of furan rings is 1. The van der Waals surface area contributed by atoms with E-state index in [1.165, 1.54) is 42.5 Å². The second-order valence-electron chi connectivity index (χ2n) is 6.97. The van der Waals surface area contributed by atoms with Crippen LogP contribution >= 0.6 is 11.3 Å². The number of sulfonamides is 1. The molecule has 3 aromatic rings. The molecule has 31 heavy (non-hydrogen) atoms. The number of nitrogens with one attached hydrogen (secondary N) is 3. The molecule has 0 aliphatic rings. The van der Waals surface area contributed by atoms with E-state index in [1.807, 2.05) is 0 Å². The minimum Gasteiger partial charge on any atom is -0.458 e. The van der Waals surface area contributed by atoms with E-state index in [4.69, 9.17) is 4.42 Å². The number of hydrogen-bond acceptors (Lipinski definition) is 7. The minimum absolute atomic E-state index is 0.0102. The van der Waals surface area contributed by atoms with Crippen LogP contribution in [-0.4, -0.2) is 31.3 Å². The van der Waals surface area contributed by atoms with Crippen molar-refractivity contribution in [2.75, 3.05) is 5.32 Å². The SMILES string of the molecule is CC(=O)NCc1ccc(-c2csc(NC(=O)c3cccc(S(=O)(=O)NC(C)C)c3)n2)o1. The van der Waals surface area contributed by atoms with Gasteiger partial charge in [-0.3, -0.25) is 14.9 Å². The van der Waals surface area contributed by atoms with E-state index in [-0.39, 0.29) is 29.0 Å². The fraction of sp³-hybridized carbons (Fsp3) is 0.250. The van der Waals surface area contributed by atoms with E-state index in [9.17, 15) is 18.0 Å². The zero-order chi connectivity index (χ0) is 22.6. The minimum atomic E-state index is -3.71. The van der Waals surface area contributed by atoms with E-state index in [1.54, 1.807) is 31.4 Å². The van der Waals surface area contributed by atoms with Gasteiger partial charge in [0.2, 0.25) is 15.9 Å². The predicted octanol–water partition coefficient (Wildman–Crippen LogP) is 2.98. The van der Waals surface area contributed by atoms with Crippen LogP contribution in [0.5, 0.6) is 0 Å². The van der Waals surface area contributed by atoms with Crippen LogP contribution in [0.2, 0.25) is 0 Å².